The molecule has 3 N–H and O–H groups in total. The van der Waals surface area contributed by atoms with Gasteiger partial charge in [-0.2, -0.15) is 5.10 Å². The molecule has 0 bridgehead atoms. The molecule has 7 nitrogen and oxygen atoms in total. The third-order valence-corrected chi connectivity index (χ3v) is 4.16. The summed E-state index contributed by atoms with van der Waals surface area (Å²) in [6.07, 6.45) is 0. The van der Waals surface area contributed by atoms with Crippen molar-refractivity contribution in [3.05, 3.63) is 82.7 Å². The Balaban J connectivity index is 1.58. The average Bonchev–Trinajstić information content (AvgIpc) is 2.97. The first-order valence-corrected chi connectivity index (χ1v) is 9.12. The zero-order chi connectivity index (χ0) is 21.7. The van der Waals surface area contributed by atoms with Gasteiger partial charge in [0.2, 0.25) is 0 Å². The molecule has 0 aliphatic rings. The molecule has 30 heavy (non-hydrogen) atoms. The number of benzene rings is 2. The number of nitrogens with zero attached hydrogens (tertiary/aromatic N) is 3. The Kier molecular flexibility index (Phi) is 6.41. The number of rotatable bonds is 7. The van der Waals surface area contributed by atoms with Gasteiger partial charge in [-0.1, -0.05) is 23.4 Å². The second-order valence-electron chi connectivity index (χ2n) is 6.74. The number of halogens is 2. The first kappa shape index (κ1) is 21.0. The van der Waals surface area contributed by atoms with Crippen LogP contribution in [0.4, 0.5) is 14.5 Å². The number of aromatic nitrogens is 2. The molecule has 3 rings (SSSR count). The molecule has 0 unspecified atom stereocenters. The molecule has 0 atom stereocenters. The Morgan fingerprint density at radius 1 is 1.17 bits per heavy atom. The van der Waals surface area contributed by atoms with Crippen LogP contribution in [-0.4, -0.2) is 28.1 Å². The highest BCUT2D eigenvalue weighted by molar-refractivity contribution is 5.97. The van der Waals surface area contributed by atoms with Crippen LogP contribution >= 0.6 is 0 Å². The van der Waals surface area contributed by atoms with Crippen LogP contribution in [0.5, 0.6) is 0 Å². The van der Waals surface area contributed by atoms with E-state index in [0.29, 0.717) is 18.2 Å². The Bertz CT molecular complexity index is 1070. The van der Waals surface area contributed by atoms with Crippen LogP contribution in [0, 0.1) is 25.5 Å². The topological polar surface area (TPSA) is 94.5 Å². The minimum absolute atomic E-state index is 0.0186. The number of amidine groups is 1. The van der Waals surface area contributed by atoms with Crippen molar-refractivity contribution in [1.82, 2.24) is 9.78 Å². The van der Waals surface area contributed by atoms with Crippen molar-refractivity contribution in [2.75, 3.05) is 11.9 Å². The fourth-order valence-corrected chi connectivity index (χ4v) is 2.87. The van der Waals surface area contributed by atoms with Gasteiger partial charge in [-0.15, -0.1) is 0 Å². The molecule has 0 spiro atoms. The Morgan fingerprint density at radius 2 is 1.90 bits per heavy atom. The third-order valence-electron chi connectivity index (χ3n) is 4.16. The number of carbonyl (C=O) groups excluding carboxylic acids is 1. The van der Waals surface area contributed by atoms with Gasteiger partial charge < -0.3 is 15.9 Å². The van der Waals surface area contributed by atoms with Crippen molar-refractivity contribution in [2.24, 2.45) is 10.9 Å². The van der Waals surface area contributed by atoms with E-state index in [9.17, 15) is 13.6 Å². The van der Waals surface area contributed by atoms with Gasteiger partial charge >= 0.3 is 0 Å². The highest BCUT2D eigenvalue weighted by atomic mass is 19.1. The van der Waals surface area contributed by atoms with Crippen LogP contribution in [0.25, 0.3) is 0 Å². The molecule has 156 valence electrons. The van der Waals surface area contributed by atoms with E-state index in [2.05, 4.69) is 15.6 Å². The van der Waals surface area contributed by atoms with Gasteiger partial charge in [-0.3, -0.25) is 9.48 Å². The van der Waals surface area contributed by atoms with E-state index in [4.69, 9.17) is 10.6 Å². The standard InChI is InChI=1S/C21H21F2N5O2/c1-13-6-14(2)28(26-13)11-15-4-3-5-16(7-15)21(24)27-30-12-20(29)25-19-9-17(22)8-18(23)10-19/h3-10H,11-12H2,1-2H3,(H2,24,27)(H,25,29). The summed E-state index contributed by atoms with van der Waals surface area (Å²) in [5, 5.41) is 10.5. The summed E-state index contributed by atoms with van der Waals surface area (Å²) in [7, 11) is 0. The maximum absolute atomic E-state index is 13.2. The molecule has 9 heteroatoms. The molecule has 0 fully saturated rings. The van der Waals surface area contributed by atoms with Crippen molar-refractivity contribution in [3.63, 3.8) is 0 Å². The lowest BCUT2D eigenvalue weighted by atomic mass is 10.1. The Morgan fingerprint density at radius 3 is 2.57 bits per heavy atom. The number of amides is 1. The second-order valence-corrected chi connectivity index (χ2v) is 6.74. The van der Waals surface area contributed by atoms with E-state index in [1.807, 2.05) is 42.8 Å². The minimum Gasteiger partial charge on any atom is -0.384 e. The number of nitrogens with one attached hydrogen (secondary N) is 1. The first-order chi connectivity index (χ1) is 14.3. The first-order valence-electron chi connectivity index (χ1n) is 9.12. The van der Waals surface area contributed by atoms with Gasteiger partial charge in [-0.05, 0) is 43.7 Å². The van der Waals surface area contributed by atoms with E-state index >= 15 is 0 Å². The molecule has 0 saturated carbocycles. The fourth-order valence-electron chi connectivity index (χ4n) is 2.87. The number of hydrogen-bond acceptors (Lipinski definition) is 4. The number of nitrogens with two attached hydrogens (primary N) is 1. The van der Waals surface area contributed by atoms with Gasteiger partial charge in [0.15, 0.2) is 12.4 Å². The summed E-state index contributed by atoms with van der Waals surface area (Å²) in [5.74, 6) is -2.13. The van der Waals surface area contributed by atoms with Gasteiger partial charge in [0.05, 0.1) is 12.2 Å². The van der Waals surface area contributed by atoms with Crippen LogP contribution in [0.15, 0.2) is 53.7 Å². The van der Waals surface area contributed by atoms with Crippen molar-refractivity contribution < 1.29 is 18.4 Å². The molecule has 1 aromatic heterocycles. The lowest BCUT2D eigenvalue weighted by molar-refractivity contribution is -0.120. The van der Waals surface area contributed by atoms with E-state index in [1.54, 1.807) is 6.07 Å². The lowest BCUT2D eigenvalue weighted by Crippen LogP contribution is -2.19. The van der Waals surface area contributed by atoms with Gasteiger partial charge in [0.1, 0.15) is 11.6 Å². The molecular weight excluding hydrogens is 392 g/mol. The van der Waals surface area contributed by atoms with Gasteiger partial charge in [0, 0.05) is 23.0 Å². The Labute approximate surface area is 172 Å². The molecule has 0 radical (unpaired) electrons. The average molecular weight is 413 g/mol. The van der Waals surface area contributed by atoms with Gasteiger partial charge in [0.25, 0.3) is 5.91 Å². The predicted molar refractivity (Wildman–Crippen MR) is 109 cm³/mol. The summed E-state index contributed by atoms with van der Waals surface area (Å²) >= 11 is 0. The monoisotopic (exact) mass is 413 g/mol. The van der Waals surface area contributed by atoms with Crippen molar-refractivity contribution in [2.45, 2.75) is 20.4 Å². The SMILES string of the molecule is Cc1cc(C)n(Cc2cccc(/C(N)=N/OCC(=O)Nc3cc(F)cc(F)c3)c2)n1. The molecule has 0 saturated heterocycles. The zero-order valence-electron chi connectivity index (χ0n) is 16.5. The number of hydrogen-bond donors (Lipinski definition) is 2. The highest BCUT2D eigenvalue weighted by Gasteiger charge is 2.08. The Hall–Kier alpha value is -3.75. The summed E-state index contributed by atoms with van der Waals surface area (Å²) in [4.78, 5) is 16.8. The van der Waals surface area contributed by atoms with Crippen LogP contribution in [0.1, 0.15) is 22.5 Å². The molecule has 0 aliphatic heterocycles. The van der Waals surface area contributed by atoms with Crippen molar-refractivity contribution in [1.29, 1.82) is 0 Å². The molecule has 2 aromatic carbocycles. The summed E-state index contributed by atoms with van der Waals surface area (Å²) < 4.78 is 28.2. The van der Waals surface area contributed by atoms with E-state index in [-0.39, 0.29) is 11.5 Å². The molecule has 0 aliphatic carbocycles. The van der Waals surface area contributed by atoms with Gasteiger partial charge in [-0.25, -0.2) is 8.78 Å². The smallest absolute Gasteiger partial charge is 0.265 e. The normalized spacial score (nSPS) is 11.4. The van der Waals surface area contributed by atoms with Crippen LogP contribution in [-0.2, 0) is 16.2 Å². The number of aryl methyl sites for hydroxylation is 2. The molecule has 1 heterocycles. The fraction of sp³-hybridized carbons (Fsp3) is 0.190. The lowest BCUT2D eigenvalue weighted by Gasteiger charge is -2.08. The van der Waals surface area contributed by atoms with Crippen LogP contribution in [0.2, 0.25) is 0 Å². The van der Waals surface area contributed by atoms with Crippen molar-refractivity contribution >= 4 is 17.4 Å². The van der Waals surface area contributed by atoms with E-state index in [1.165, 1.54) is 0 Å². The zero-order valence-corrected chi connectivity index (χ0v) is 16.5. The molecule has 3 aromatic rings. The van der Waals surface area contributed by atoms with Crippen LogP contribution in [0.3, 0.4) is 0 Å². The number of carbonyl (C=O) groups is 1. The maximum atomic E-state index is 13.2. The maximum Gasteiger partial charge on any atom is 0.265 e. The van der Waals surface area contributed by atoms with E-state index < -0.39 is 24.1 Å². The highest BCUT2D eigenvalue weighted by Crippen LogP contribution is 2.13. The number of oxime groups is 1. The predicted octanol–water partition coefficient (Wildman–Crippen LogP) is 3.10. The molecular formula is C21H21F2N5O2. The summed E-state index contributed by atoms with van der Waals surface area (Å²) in [5.41, 5.74) is 9.51. The quantitative estimate of drug-likeness (QED) is 0.354. The second kappa shape index (κ2) is 9.17. The van der Waals surface area contributed by atoms with E-state index in [0.717, 1.165) is 29.1 Å². The van der Waals surface area contributed by atoms with Crippen molar-refractivity contribution in [3.8, 4) is 0 Å². The summed E-state index contributed by atoms with van der Waals surface area (Å²) in [6.45, 7) is 4.03. The summed E-state index contributed by atoms with van der Waals surface area (Å²) in [6, 6.07) is 12.1. The number of anilines is 1. The largest absolute Gasteiger partial charge is 0.384 e. The molecule has 1 amide bonds. The third kappa shape index (κ3) is 5.63. The minimum atomic E-state index is -0.797. The van der Waals surface area contributed by atoms with Crippen LogP contribution < -0.4 is 11.1 Å².